The van der Waals surface area contributed by atoms with E-state index in [-0.39, 0.29) is 18.0 Å². The van der Waals surface area contributed by atoms with Gasteiger partial charge in [-0.1, -0.05) is 0 Å². The lowest BCUT2D eigenvalue weighted by atomic mass is 9.93. The van der Waals surface area contributed by atoms with Gasteiger partial charge in [-0.2, -0.15) is 0 Å². The average Bonchev–Trinajstić information content (AvgIpc) is 2.39. The highest BCUT2D eigenvalue weighted by Crippen LogP contribution is 2.27. The van der Waals surface area contributed by atoms with E-state index in [9.17, 15) is 14.9 Å². The molecule has 7 heteroatoms. The number of anilines is 1. The minimum Gasteiger partial charge on any atom is -0.481 e. The Hall–Kier alpha value is -2.18. The number of carbonyl (C=O) groups is 1. The molecule has 1 aromatic heterocycles. The van der Waals surface area contributed by atoms with Gasteiger partial charge < -0.3 is 10.0 Å². The van der Waals surface area contributed by atoms with Crippen molar-refractivity contribution in [3.05, 3.63) is 27.9 Å². The molecule has 0 aliphatic carbocycles. The fraction of sp³-hybridized carbons (Fsp3) is 0.538. The highest BCUT2D eigenvalue weighted by Gasteiger charge is 2.23. The molecule has 0 spiro atoms. The number of hydrogen-bond acceptors (Lipinski definition) is 5. The van der Waals surface area contributed by atoms with Crippen LogP contribution in [-0.4, -0.2) is 34.1 Å². The minimum atomic E-state index is -0.771. The highest BCUT2D eigenvalue weighted by atomic mass is 16.6. The summed E-state index contributed by atoms with van der Waals surface area (Å²) >= 11 is 0. The summed E-state index contributed by atoms with van der Waals surface area (Å²) in [6, 6.07) is 1.49. The minimum absolute atomic E-state index is 0.0719. The van der Waals surface area contributed by atoms with Gasteiger partial charge in [0.25, 0.3) is 5.69 Å². The predicted octanol–water partition coefficient (Wildman–Crippen LogP) is 1.99. The normalized spacial score (nSPS) is 16.1. The lowest BCUT2D eigenvalue weighted by Gasteiger charge is -2.32. The van der Waals surface area contributed by atoms with Crippen molar-refractivity contribution < 1.29 is 14.8 Å². The fourth-order valence-electron chi connectivity index (χ4n) is 2.49. The molecule has 20 heavy (non-hydrogen) atoms. The molecular formula is C13H17N3O4. The fourth-order valence-corrected chi connectivity index (χ4v) is 2.49. The number of aryl methyl sites for hydroxylation is 1. The van der Waals surface area contributed by atoms with Crippen LogP contribution in [-0.2, 0) is 4.79 Å². The molecule has 0 bridgehead atoms. The summed E-state index contributed by atoms with van der Waals surface area (Å²) < 4.78 is 0. The van der Waals surface area contributed by atoms with E-state index in [2.05, 4.69) is 4.98 Å². The van der Waals surface area contributed by atoms with Gasteiger partial charge in [-0.15, -0.1) is 0 Å². The molecule has 1 aromatic rings. The second kappa shape index (κ2) is 5.85. The largest absolute Gasteiger partial charge is 0.481 e. The van der Waals surface area contributed by atoms with Gasteiger partial charge in [0.05, 0.1) is 11.0 Å². The van der Waals surface area contributed by atoms with E-state index in [4.69, 9.17) is 5.11 Å². The van der Waals surface area contributed by atoms with Gasteiger partial charge in [-0.25, -0.2) is 4.98 Å². The van der Waals surface area contributed by atoms with E-state index in [1.165, 1.54) is 12.3 Å². The highest BCUT2D eigenvalue weighted by molar-refractivity contribution is 5.67. The number of aliphatic carboxylic acids is 1. The second-order valence-electron chi connectivity index (χ2n) is 5.11. The molecule has 0 aromatic carbocycles. The molecule has 2 rings (SSSR count). The van der Waals surface area contributed by atoms with Gasteiger partial charge in [-0.05, 0) is 25.7 Å². The Kier molecular flexibility index (Phi) is 4.16. The van der Waals surface area contributed by atoms with Gasteiger partial charge in [0.15, 0.2) is 0 Å². The van der Waals surface area contributed by atoms with E-state index in [0.29, 0.717) is 24.5 Å². The summed E-state index contributed by atoms with van der Waals surface area (Å²) in [5.41, 5.74) is 0.613. The van der Waals surface area contributed by atoms with Crippen LogP contribution in [0.5, 0.6) is 0 Å². The molecule has 7 nitrogen and oxygen atoms in total. The van der Waals surface area contributed by atoms with Crippen LogP contribution in [0.4, 0.5) is 11.5 Å². The first-order chi connectivity index (χ1) is 9.47. The van der Waals surface area contributed by atoms with E-state index in [1.54, 1.807) is 6.92 Å². The zero-order chi connectivity index (χ0) is 14.7. The summed E-state index contributed by atoms with van der Waals surface area (Å²) in [6.45, 7) is 3.03. The third-order valence-electron chi connectivity index (χ3n) is 3.66. The maximum Gasteiger partial charge on any atom is 0.303 e. The van der Waals surface area contributed by atoms with Gasteiger partial charge in [0, 0.05) is 31.3 Å². The first-order valence-corrected chi connectivity index (χ1v) is 6.55. The lowest BCUT2D eigenvalue weighted by Crippen LogP contribution is -2.34. The Labute approximate surface area is 116 Å². The molecule has 2 heterocycles. The van der Waals surface area contributed by atoms with Crippen molar-refractivity contribution in [1.82, 2.24) is 4.98 Å². The summed E-state index contributed by atoms with van der Waals surface area (Å²) in [7, 11) is 0. The number of aromatic nitrogens is 1. The molecular weight excluding hydrogens is 262 g/mol. The van der Waals surface area contributed by atoms with Gasteiger partial charge in [0.1, 0.15) is 5.82 Å². The van der Waals surface area contributed by atoms with Crippen molar-refractivity contribution >= 4 is 17.5 Å². The number of piperidine rings is 1. The maximum atomic E-state index is 10.9. The number of nitrogens with zero attached hydrogens (tertiary/aromatic N) is 3. The first-order valence-electron chi connectivity index (χ1n) is 6.55. The third kappa shape index (κ3) is 3.23. The van der Waals surface area contributed by atoms with Crippen LogP contribution in [0.2, 0.25) is 0 Å². The first kappa shape index (κ1) is 14.2. The van der Waals surface area contributed by atoms with Crippen molar-refractivity contribution in [3.63, 3.8) is 0 Å². The number of nitro groups is 1. The van der Waals surface area contributed by atoms with Crippen molar-refractivity contribution in [3.8, 4) is 0 Å². The van der Waals surface area contributed by atoms with Crippen LogP contribution in [0.25, 0.3) is 0 Å². The molecule has 1 saturated heterocycles. The number of pyridine rings is 1. The van der Waals surface area contributed by atoms with Crippen LogP contribution in [0, 0.1) is 23.0 Å². The van der Waals surface area contributed by atoms with E-state index in [1.807, 2.05) is 4.90 Å². The summed E-state index contributed by atoms with van der Waals surface area (Å²) in [5, 5.41) is 19.7. The number of hydrogen-bond donors (Lipinski definition) is 1. The standard InChI is InChI=1S/C13H17N3O4/c1-9-8-14-12(7-11(9)16(19)20)15-4-2-10(3-5-15)6-13(17)18/h7-8,10H,2-6H2,1H3,(H,17,18). The molecule has 1 aliphatic rings. The molecule has 108 valence electrons. The maximum absolute atomic E-state index is 10.9. The molecule has 1 N–H and O–H groups in total. The summed E-state index contributed by atoms with van der Waals surface area (Å²) in [5.74, 6) is 0.00723. The second-order valence-corrected chi connectivity index (χ2v) is 5.11. The molecule has 1 aliphatic heterocycles. The van der Waals surface area contributed by atoms with Crippen molar-refractivity contribution in [2.24, 2.45) is 5.92 Å². The van der Waals surface area contributed by atoms with Crippen molar-refractivity contribution in [1.29, 1.82) is 0 Å². The Morgan fingerprint density at radius 3 is 2.75 bits per heavy atom. The van der Waals surface area contributed by atoms with Gasteiger partial charge in [0.2, 0.25) is 0 Å². The predicted molar refractivity (Wildman–Crippen MR) is 72.8 cm³/mol. The molecule has 0 amide bonds. The molecule has 0 atom stereocenters. The van der Waals surface area contributed by atoms with Crippen LogP contribution < -0.4 is 4.90 Å². The van der Waals surface area contributed by atoms with Crippen LogP contribution in [0.15, 0.2) is 12.3 Å². The van der Waals surface area contributed by atoms with E-state index < -0.39 is 10.9 Å². The Bertz CT molecular complexity index is 524. The lowest BCUT2D eigenvalue weighted by molar-refractivity contribution is -0.385. The van der Waals surface area contributed by atoms with Crippen molar-refractivity contribution in [2.75, 3.05) is 18.0 Å². The average molecular weight is 279 g/mol. The summed E-state index contributed by atoms with van der Waals surface area (Å²) in [6.07, 6.45) is 3.25. The zero-order valence-corrected chi connectivity index (χ0v) is 11.3. The Balaban J connectivity index is 2.05. The molecule has 0 saturated carbocycles. The third-order valence-corrected chi connectivity index (χ3v) is 3.66. The van der Waals surface area contributed by atoms with Gasteiger partial charge in [-0.3, -0.25) is 14.9 Å². The number of carboxylic acids is 1. The van der Waals surface area contributed by atoms with Crippen LogP contribution in [0.1, 0.15) is 24.8 Å². The Morgan fingerprint density at radius 1 is 1.55 bits per heavy atom. The monoisotopic (exact) mass is 279 g/mol. The van der Waals surface area contributed by atoms with Crippen LogP contribution >= 0.6 is 0 Å². The molecule has 0 radical (unpaired) electrons. The topological polar surface area (TPSA) is 96.6 Å². The molecule has 0 unspecified atom stereocenters. The number of rotatable bonds is 4. The quantitative estimate of drug-likeness (QED) is 0.668. The molecule has 1 fully saturated rings. The Morgan fingerprint density at radius 2 is 2.20 bits per heavy atom. The zero-order valence-electron chi connectivity index (χ0n) is 11.3. The summed E-state index contributed by atoms with van der Waals surface area (Å²) in [4.78, 5) is 27.4. The van der Waals surface area contributed by atoms with E-state index >= 15 is 0 Å². The van der Waals surface area contributed by atoms with Gasteiger partial charge >= 0.3 is 5.97 Å². The SMILES string of the molecule is Cc1cnc(N2CCC(CC(=O)O)CC2)cc1[N+](=O)[O-]. The number of carboxylic acid groups (broad SMARTS) is 1. The van der Waals surface area contributed by atoms with Crippen molar-refractivity contribution in [2.45, 2.75) is 26.2 Å². The van der Waals surface area contributed by atoms with E-state index in [0.717, 1.165) is 12.8 Å². The smallest absolute Gasteiger partial charge is 0.303 e. The van der Waals surface area contributed by atoms with Crippen LogP contribution in [0.3, 0.4) is 0 Å².